The van der Waals surface area contributed by atoms with E-state index in [4.69, 9.17) is 34.8 Å². The average molecular weight is 360 g/mol. The Kier molecular flexibility index (Phi) is 6.03. The van der Waals surface area contributed by atoms with E-state index in [1.54, 1.807) is 0 Å². The Bertz CT molecular complexity index is 662. The van der Waals surface area contributed by atoms with Gasteiger partial charge in [0.2, 0.25) is 0 Å². The Morgan fingerprint density at radius 2 is 1.91 bits per heavy atom. The summed E-state index contributed by atoms with van der Waals surface area (Å²) >= 11 is 17.6. The molecule has 3 N–H and O–H groups in total. The van der Waals surface area contributed by atoms with Crippen LogP contribution in [-0.4, -0.2) is 17.4 Å². The molecule has 1 aromatic carbocycles. The van der Waals surface area contributed by atoms with E-state index in [1.807, 2.05) is 36.5 Å². The number of nitrogens with two attached hydrogens (primary N) is 1. The van der Waals surface area contributed by atoms with Gasteiger partial charge >= 0.3 is 0 Å². The van der Waals surface area contributed by atoms with Crippen molar-refractivity contribution < 1.29 is 10.1 Å². The first-order valence-electron chi connectivity index (χ1n) is 6.65. The van der Waals surface area contributed by atoms with Gasteiger partial charge in [-0.05, 0) is 25.1 Å². The van der Waals surface area contributed by atoms with E-state index < -0.39 is 0 Å². The summed E-state index contributed by atoms with van der Waals surface area (Å²) in [6.45, 7) is 2.27. The molecule has 0 spiro atoms. The summed E-state index contributed by atoms with van der Waals surface area (Å²) < 4.78 is 0. The van der Waals surface area contributed by atoms with Crippen molar-refractivity contribution in [3.8, 4) is 0 Å². The molecule has 1 heterocycles. The highest BCUT2D eigenvalue weighted by molar-refractivity contribution is 6.36. The maximum atomic E-state index is 11.9. The molecule has 0 saturated heterocycles. The van der Waals surface area contributed by atoms with Gasteiger partial charge in [0.15, 0.2) is 12.4 Å². The Morgan fingerprint density at radius 1 is 1.23 bits per heavy atom. The summed E-state index contributed by atoms with van der Waals surface area (Å²) in [5, 5.41) is 6.01. The predicted octanol–water partition coefficient (Wildman–Crippen LogP) is 3.30. The molecule has 22 heavy (non-hydrogen) atoms. The van der Waals surface area contributed by atoms with Crippen LogP contribution in [0.2, 0.25) is 15.1 Å². The molecule has 0 fully saturated rings. The number of anilines is 1. The lowest BCUT2D eigenvalue weighted by Gasteiger charge is -2.11. The van der Waals surface area contributed by atoms with Gasteiger partial charge in [-0.2, -0.15) is 0 Å². The third-order valence-electron chi connectivity index (χ3n) is 3.12. The molecule has 1 aromatic heterocycles. The van der Waals surface area contributed by atoms with Crippen LogP contribution < -0.4 is 10.6 Å². The third-order valence-corrected chi connectivity index (χ3v) is 3.87. The number of benzene rings is 1. The molecule has 0 radical (unpaired) electrons. The zero-order valence-electron chi connectivity index (χ0n) is 11.8. The third kappa shape index (κ3) is 4.85. The number of nitrogens with zero attached hydrogens (tertiary/aromatic N) is 1. The van der Waals surface area contributed by atoms with Crippen LogP contribution in [-0.2, 0) is 4.79 Å². The second-order valence-electron chi connectivity index (χ2n) is 4.81. The fourth-order valence-corrected chi connectivity index (χ4v) is 2.43. The molecule has 0 unspecified atom stereocenters. The van der Waals surface area contributed by atoms with E-state index >= 15 is 0 Å². The SMILES string of the molecule is C[C@H]([NH2+]CC(=O)Nc1ncc(Cl)cc1Cl)c1ccc(Cl)cc1. The molecular weight excluding hydrogens is 345 g/mol. The second kappa shape index (κ2) is 7.79. The highest BCUT2D eigenvalue weighted by Crippen LogP contribution is 2.22. The van der Waals surface area contributed by atoms with Gasteiger partial charge in [-0.1, -0.05) is 46.9 Å². The Balaban J connectivity index is 1.88. The van der Waals surface area contributed by atoms with Gasteiger partial charge < -0.3 is 10.6 Å². The molecule has 116 valence electrons. The van der Waals surface area contributed by atoms with Crippen LogP contribution in [0.4, 0.5) is 5.82 Å². The van der Waals surface area contributed by atoms with Gasteiger partial charge in [0.25, 0.3) is 5.91 Å². The molecular formula is C15H15Cl3N3O+. The number of pyridine rings is 1. The minimum absolute atomic E-state index is 0.136. The molecule has 0 bridgehead atoms. The number of hydrogen-bond donors (Lipinski definition) is 2. The highest BCUT2D eigenvalue weighted by Gasteiger charge is 2.13. The van der Waals surface area contributed by atoms with Crippen molar-refractivity contribution in [2.24, 2.45) is 0 Å². The van der Waals surface area contributed by atoms with Crippen LogP contribution in [0, 0.1) is 0 Å². The van der Waals surface area contributed by atoms with Gasteiger partial charge in [0, 0.05) is 16.8 Å². The lowest BCUT2D eigenvalue weighted by atomic mass is 10.1. The number of halogens is 3. The van der Waals surface area contributed by atoms with Crippen molar-refractivity contribution in [2.45, 2.75) is 13.0 Å². The van der Waals surface area contributed by atoms with E-state index in [1.165, 1.54) is 12.3 Å². The summed E-state index contributed by atoms with van der Waals surface area (Å²) in [5.74, 6) is 0.126. The van der Waals surface area contributed by atoms with Gasteiger partial charge in [-0.25, -0.2) is 4.98 Å². The van der Waals surface area contributed by atoms with Crippen molar-refractivity contribution in [1.82, 2.24) is 4.98 Å². The molecule has 4 nitrogen and oxygen atoms in total. The van der Waals surface area contributed by atoms with Crippen LogP contribution >= 0.6 is 34.8 Å². The molecule has 0 aliphatic rings. The van der Waals surface area contributed by atoms with Crippen LogP contribution in [0.3, 0.4) is 0 Å². The molecule has 0 aliphatic heterocycles. The normalized spacial score (nSPS) is 12.0. The Morgan fingerprint density at radius 3 is 2.55 bits per heavy atom. The van der Waals surface area contributed by atoms with Crippen molar-refractivity contribution in [3.05, 3.63) is 57.2 Å². The van der Waals surface area contributed by atoms with Crippen molar-refractivity contribution in [3.63, 3.8) is 0 Å². The Hall–Kier alpha value is -1.33. The number of amides is 1. The summed E-state index contributed by atoms with van der Waals surface area (Å²) in [6.07, 6.45) is 1.43. The fraction of sp³-hybridized carbons (Fsp3) is 0.200. The number of nitrogens with one attached hydrogen (secondary N) is 1. The largest absolute Gasteiger partial charge is 0.333 e. The van der Waals surface area contributed by atoms with Crippen molar-refractivity contribution >= 4 is 46.5 Å². The van der Waals surface area contributed by atoms with Crippen molar-refractivity contribution in [2.75, 3.05) is 11.9 Å². The second-order valence-corrected chi connectivity index (χ2v) is 6.09. The Labute approximate surface area is 143 Å². The van der Waals surface area contributed by atoms with Crippen molar-refractivity contribution in [1.29, 1.82) is 0 Å². The first-order valence-corrected chi connectivity index (χ1v) is 7.79. The van der Waals surface area contributed by atoms with Gasteiger partial charge in [-0.3, -0.25) is 4.79 Å². The van der Waals surface area contributed by atoms with E-state index in [9.17, 15) is 4.79 Å². The summed E-state index contributed by atoms with van der Waals surface area (Å²) in [5.41, 5.74) is 1.10. The predicted molar refractivity (Wildman–Crippen MR) is 89.5 cm³/mol. The first kappa shape index (κ1) is 17.0. The van der Waals surface area contributed by atoms with Gasteiger partial charge in [-0.15, -0.1) is 0 Å². The molecule has 0 saturated carbocycles. The fourth-order valence-electron chi connectivity index (χ4n) is 1.88. The summed E-state index contributed by atoms with van der Waals surface area (Å²) in [7, 11) is 0. The standard InChI is InChI=1S/C15H14Cl3N3O/c1-9(10-2-4-11(16)5-3-10)19-8-14(22)21-15-13(18)6-12(17)7-20-15/h2-7,9,19H,8H2,1H3,(H,20,21,22)/p+1/t9-/m0/s1. The van der Waals surface area contributed by atoms with Gasteiger partial charge in [0.05, 0.1) is 10.0 Å². The summed E-state index contributed by atoms with van der Waals surface area (Å²) in [6, 6.07) is 9.22. The number of carbonyl (C=O) groups is 1. The van der Waals surface area contributed by atoms with Crippen LogP contribution in [0.15, 0.2) is 36.5 Å². The van der Waals surface area contributed by atoms with E-state index in [0.717, 1.165) is 5.56 Å². The maximum absolute atomic E-state index is 11.9. The lowest BCUT2D eigenvalue weighted by Crippen LogP contribution is -2.86. The molecule has 2 rings (SSSR count). The topological polar surface area (TPSA) is 58.6 Å². The first-order chi connectivity index (χ1) is 10.5. The molecule has 1 amide bonds. The van der Waals surface area contributed by atoms with Gasteiger partial charge in [0.1, 0.15) is 6.04 Å². The van der Waals surface area contributed by atoms with E-state index in [-0.39, 0.29) is 18.5 Å². The summed E-state index contributed by atoms with van der Waals surface area (Å²) in [4.78, 5) is 15.9. The zero-order valence-corrected chi connectivity index (χ0v) is 14.1. The maximum Gasteiger partial charge on any atom is 0.280 e. The monoisotopic (exact) mass is 358 g/mol. The molecule has 7 heteroatoms. The number of quaternary nitrogens is 1. The zero-order chi connectivity index (χ0) is 16.1. The smallest absolute Gasteiger partial charge is 0.280 e. The highest BCUT2D eigenvalue weighted by atomic mass is 35.5. The average Bonchev–Trinajstić information content (AvgIpc) is 2.48. The number of hydrogen-bond acceptors (Lipinski definition) is 2. The lowest BCUT2D eigenvalue weighted by molar-refractivity contribution is -0.682. The van der Waals surface area contributed by atoms with Crippen LogP contribution in [0.1, 0.15) is 18.5 Å². The minimum Gasteiger partial charge on any atom is -0.333 e. The van der Waals surface area contributed by atoms with E-state index in [2.05, 4.69) is 10.3 Å². The molecule has 1 atom stereocenters. The van der Waals surface area contributed by atoms with Crippen LogP contribution in [0.25, 0.3) is 0 Å². The number of carbonyl (C=O) groups excluding carboxylic acids is 1. The molecule has 2 aromatic rings. The number of aromatic nitrogens is 1. The van der Waals surface area contributed by atoms with Crippen LogP contribution in [0.5, 0.6) is 0 Å². The quantitative estimate of drug-likeness (QED) is 0.860. The molecule has 0 aliphatic carbocycles. The van der Waals surface area contributed by atoms with E-state index in [0.29, 0.717) is 20.9 Å². The number of rotatable bonds is 5. The minimum atomic E-state index is -0.183.